The number of hydrogen-bond donors (Lipinski definition) is 1. The summed E-state index contributed by atoms with van der Waals surface area (Å²) >= 11 is 0. The van der Waals surface area contributed by atoms with E-state index in [1.54, 1.807) is 15.9 Å². The Kier molecular flexibility index (Phi) is 4.84. The molecule has 3 amide bonds. The van der Waals surface area contributed by atoms with Gasteiger partial charge in [-0.05, 0) is 31.7 Å². The smallest absolute Gasteiger partial charge is 0.433 e. The standard InChI is InChI=1S/C21H22F3N5O4/c22-21(23,24)16-5-13(7-25)15(8-26-16)33-14-1-2-19(6-14)9-29(10-19)18(31)28-4-3-20(11-28)12-32-17(30)27-20/h5,8,14H,1-4,6,9-12H2,(H,27,30)/t14-,20?/m0/s1. The second kappa shape index (κ2) is 7.40. The second-order valence-corrected chi connectivity index (χ2v) is 9.45. The summed E-state index contributed by atoms with van der Waals surface area (Å²) in [5.41, 5.74) is -1.91. The summed E-state index contributed by atoms with van der Waals surface area (Å²) in [6.07, 6.45) is -1.57. The number of rotatable bonds is 2. The summed E-state index contributed by atoms with van der Waals surface area (Å²) in [4.78, 5) is 31.2. The number of likely N-dealkylation sites (tertiary alicyclic amines) is 2. The zero-order valence-corrected chi connectivity index (χ0v) is 17.7. The van der Waals surface area contributed by atoms with Gasteiger partial charge in [0, 0.05) is 31.6 Å². The van der Waals surface area contributed by atoms with Crippen LogP contribution in [0.2, 0.25) is 0 Å². The molecule has 4 aliphatic rings. The van der Waals surface area contributed by atoms with E-state index < -0.39 is 23.5 Å². The van der Waals surface area contributed by atoms with Crippen molar-refractivity contribution in [1.29, 1.82) is 5.26 Å². The molecule has 2 atom stereocenters. The SMILES string of the molecule is N#Cc1cc(C(F)(F)F)ncc1O[C@H]1CCC2(C1)CN(C(=O)N1CCC3(COC(=O)N3)C1)C2. The molecule has 1 aliphatic carbocycles. The molecule has 1 N–H and O–H groups in total. The molecule has 12 heteroatoms. The number of ether oxygens (including phenoxy) is 2. The number of amides is 3. The van der Waals surface area contributed by atoms with E-state index >= 15 is 0 Å². The largest absolute Gasteiger partial charge is 0.487 e. The van der Waals surface area contributed by atoms with Crippen LogP contribution in [-0.4, -0.2) is 71.3 Å². The average molecular weight is 465 g/mol. The van der Waals surface area contributed by atoms with Crippen molar-refractivity contribution < 1.29 is 32.2 Å². The van der Waals surface area contributed by atoms with E-state index in [1.165, 1.54) is 0 Å². The van der Waals surface area contributed by atoms with Gasteiger partial charge in [-0.1, -0.05) is 0 Å². The van der Waals surface area contributed by atoms with E-state index in [0.717, 1.165) is 12.6 Å². The van der Waals surface area contributed by atoms with Crippen LogP contribution in [0.25, 0.3) is 0 Å². The van der Waals surface area contributed by atoms with Gasteiger partial charge in [0.1, 0.15) is 18.4 Å². The maximum absolute atomic E-state index is 12.9. The lowest BCUT2D eigenvalue weighted by atomic mass is 9.78. The van der Waals surface area contributed by atoms with Crippen LogP contribution in [0, 0.1) is 16.7 Å². The molecule has 4 heterocycles. The Bertz CT molecular complexity index is 1040. The molecular formula is C21H22F3N5O4. The van der Waals surface area contributed by atoms with Crippen molar-refractivity contribution in [2.75, 3.05) is 32.8 Å². The van der Waals surface area contributed by atoms with Crippen molar-refractivity contribution >= 4 is 12.1 Å². The number of nitrogens with zero attached hydrogens (tertiary/aromatic N) is 4. The molecular weight excluding hydrogens is 443 g/mol. The molecule has 2 spiro atoms. The first-order chi connectivity index (χ1) is 15.6. The number of alkyl halides is 3. The van der Waals surface area contributed by atoms with Crippen molar-refractivity contribution in [1.82, 2.24) is 20.1 Å². The van der Waals surface area contributed by atoms with Crippen molar-refractivity contribution in [3.8, 4) is 11.8 Å². The predicted octanol–water partition coefficient (Wildman–Crippen LogP) is 2.51. The highest BCUT2D eigenvalue weighted by atomic mass is 19.4. The Morgan fingerprint density at radius 3 is 2.76 bits per heavy atom. The Labute approximate surface area is 187 Å². The third kappa shape index (κ3) is 3.89. The Morgan fingerprint density at radius 1 is 1.30 bits per heavy atom. The molecule has 3 saturated heterocycles. The van der Waals surface area contributed by atoms with Crippen LogP contribution in [0.15, 0.2) is 12.3 Å². The molecule has 3 aliphatic heterocycles. The third-order valence-corrected chi connectivity index (χ3v) is 7.02. The van der Waals surface area contributed by atoms with E-state index in [2.05, 4.69) is 10.3 Å². The molecule has 4 fully saturated rings. The maximum Gasteiger partial charge on any atom is 0.433 e. The van der Waals surface area contributed by atoms with Crippen LogP contribution in [0.4, 0.5) is 22.8 Å². The molecule has 0 bridgehead atoms. The molecule has 176 valence electrons. The van der Waals surface area contributed by atoms with E-state index in [-0.39, 0.29) is 35.5 Å². The van der Waals surface area contributed by atoms with Crippen LogP contribution < -0.4 is 10.1 Å². The van der Waals surface area contributed by atoms with Crippen LogP contribution in [0.1, 0.15) is 36.9 Å². The number of urea groups is 1. The van der Waals surface area contributed by atoms with Crippen LogP contribution in [-0.2, 0) is 10.9 Å². The van der Waals surface area contributed by atoms with Crippen LogP contribution >= 0.6 is 0 Å². The minimum absolute atomic E-state index is 0.0444. The minimum Gasteiger partial charge on any atom is -0.487 e. The Morgan fingerprint density at radius 2 is 2.09 bits per heavy atom. The first-order valence-corrected chi connectivity index (χ1v) is 10.7. The Hall–Kier alpha value is -3.23. The number of hydrogen-bond acceptors (Lipinski definition) is 6. The fourth-order valence-electron chi connectivity index (χ4n) is 5.35. The third-order valence-electron chi connectivity index (χ3n) is 7.02. The first-order valence-electron chi connectivity index (χ1n) is 10.7. The summed E-state index contributed by atoms with van der Waals surface area (Å²) in [7, 11) is 0. The highest BCUT2D eigenvalue weighted by Gasteiger charge is 2.53. The minimum atomic E-state index is -4.63. The fraction of sp³-hybridized carbons (Fsp3) is 0.619. The number of alkyl carbamates (subject to hydrolysis) is 1. The molecule has 1 unspecified atom stereocenters. The zero-order chi connectivity index (χ0) is 23.4. The first kappa shape index (κ1) is 21.6. The predicted molar refractivity (Wildman–Crippen MR) is 105 cm³/mol. The molecule has 9 nitrogen and oxygen atoms in total. The highest BCUT2D eigenvalue weighted by molar-refractivity contribution is 5.77. The maximum atomic E-state index is 12.9. The topological polar surface area (TPSA) is 108 Å². The number of carbonyl (C=O) groups excluding carboxylic acids is 2. The van der Waals surface area contributed by atoms with Gasteiger partial charge in [0.05, 0.1) is 23.4 Å². The van der Waals surface area contributed by atoms with Crippen molar-refractivity contribution in [3.05, 3.63) is 23.5 Å². The number of cyclic esters (lactones) is 1. The van der Waals surface area contributed by atoms with Gasteiger partial charge in [-0.2, -0.15) is 18.4 Å². The van der Waals surface area contributed by atoms with E-state index in [1.807, 2.05) is 0 Å². The quantitative estimate of drug-likeness (QED) is 0.719. The Balaban J connectivity index is 1.16. The van der Waals surface area contributed by atoms with Gasteiger partial charge >= 0.3 is 18.3 Å². The number of nitrogens with one attached hydrogen (secondary N) is 1. The van der Waals surface area contributed by atoms with Crippen LogP contribution in [0.5, 0.6) is 5.75 Å². The van der Waals surface area contributed by atoms with E-state index in [0.29, 0.717) is 51.5 Å². The summed E-state index contributed by atoms with van der Waals surface area (Å²) in [6, 6.07) is 2.38. The second-order valence-electron chi connectivity index (χ2n) is 9.45. The van der Waals surface area contributed by atoms with Gasteiger partial charge in [-0.15, -0.1) is 0 Å². The summed E-state index contributed by atoms with van der Waals surface area (Å²) in [6.45, 7) is 2.39. The number of aromatic nitrogens is 1. The lowest BCUT2D eigenvalue weighted by Crippen LogP contribution is -2.61. The van der Waals surface area contributed by atoms with Crippen molar-refractivity contribution in [2.45, 2.75) is 43.5 Å². The normalized spacial score (nSPS) is 27.9. The van der Waals surface area contributed by atoms with Gasteiger partial charge < -0.3 is 24.6 Å². The zero-order valence-electron chi connectivity index (χ0n) is 17.7. The molecule has 0 aromatic carbocycles. The van der Waals surface area contributed by atoms with Gasteiger partial charge in [0.2, 0.25) is 0 Å². The molecule has 0 radical (unpaired) electrons. The molecule has 1 aromatic heterocycles. The molecule has 33 heavy (non-hydrogen) atoms. The number of nitriles is 1. The molecule has 1 saturated carbocycles. The lowest BCUT2D eigenvalue weighted by molar-refractivity contribution is -0.141. The van der Waals surface area contributed by atoms with Crippen LogP contribution in [0.3, 0.4) is 0 Å². The van der Waals surface area contributed by atoms with Crippen molar-refractivity contribution in [3.63, 3.8) is 0 Å². The summed E-state index contributed by atoms with van der Waals surface area (Å²) in [5.74, 6) is 0.0444. The monoisotopic (exact) mass is 465 g/mol. The van der Waals surface area contributed by atoms with E-state index in [9.17, 15) is 28.0 Å². The van der Waals surface area contributed by atoms with E-state index in [4.69, 9.17) is 9.47 Å². The lowest BCUT2D eigenvalue weighted by Gasteiger charge is -2.49. The highest BCUT2D eigenvalue weighted by Crippen LogP contribution is 2.47. The summed E-state index contributed by atoms with van der Waals surface area (Å²) in [5, 5.41) is 12.0. The molecule has 1 aromatic rings. The number of carbonyl (C=O) groups is 2. The summed E-state index contributed by atoms with van der Waals surface area (Å²) < 4.78 is 49.4. The van der Waals surface area contributed by atoms with Gasteiger partial charge in [0.15, 0.2) is 5.75 Å². The number of pyridine rings is 1. The average Bonchev–Trinajstić information content (AvgIpc) is 3.45. The fourth-order valence-corrected chi connectivity index (χ4v) is 5.35. The number of halogens is 3. The van der Waals surface area contributed by atoms with Gasteiger partial charge in [-0.3, -0.25) is 0 Å². The van der Waals surface area contributed by atoms with Crippen molar-refractivity contribution in [2.24, 2.45) is 5.41 Å². The molecule has 5 rings (SSSR count). The van der Waals surface area contributed by atoms with Gasteiger partial charge in [0.25, 0.3) is 0 Å². The van der Waals surface area contributed by atoms with Gasteiger partial charge in [-0.25, -0.2) is 14.6 Å².